The second-order valence-corrected chi connectivity index (χ2v) is 7.02. The first-order valence-electron chi connectivity index (χ1n) is 6.54. The molecule has 1 saturated carbocycles. The van der Waals surface area contributed by atoms with E-state index in [9.17, 15) is 26.4 Å². The Morgan fingerprint density at radius 3 is 2.45 bits per heavy atom. The van der Waals surface area contributed by atoms with Gasteiger partial charge in [0.15, 0.2) is 0 Å². The van der Waals surface area contributed by atoms with Gasteiger partial charge in [0, 0.05) is 13.1 Å². The summed E-state index contributed by atoms with van der Waals surface area (Å²) in [6.07, 6.45) is 1.77. The number of nitrogens with one attached hydrogen (secondary N) is 1. The molecule has 0 radical (unpaired) electrons. The number of sulfone groups is 1. The number of benzene rings is 1. The molecule has 0 bridgehead atoms. The van der Waals surface area contributed by atoms with Gasteiger partial charge in [0.05, 0.1) is 17.1 Å². The summed E-state index contributed by atoms with van der Waals surface area (Å²) in [7, 11) is -4.10. The SMILES string of the molecule is CN(CC(=O)NC1CC1)c1ccccc1S(=O)(=O)C(F)(F)F. The highest BCUT2D eigenvalue weighted by atomic mass is 32.2. The minimum atomic E-state index is -5.47. The molecule has 1 N–H and O–H groups in total. The van der Waals surface area contributed by atoms with Crippen LogP contribution in [0.25, 0.3) is 0 Å². The van der Waals surface area contributed by atoms with Crippen LogP contribution in [0, 0.1) is 0 Å². The maximum atomic E-state index is 12.7. The molecular formula is C13H15F3N2O3S. The fourth-order valence-electron chi connectivity index (χ4n) is 1.93. The largest absolute Gasteiger partial charge is 0.501 e. The van der Waals surface area contributed by atoms with Gasteiger partial charge in [0.1, 0.15) is 0 Å². The van der Waals surface area contributed by atoms with E-state index in [-0.39, 0.29) is 24.2 Å². The van der Waals surface area contributed by atoms with E-state index < -0.39 is 20.2 Å². The molecule has 0 saturated heterocycles. The summed E-state index contributed by atoms with van der Waals surface area (Å²) in [5.74, 6) is -0.357. The molecule has 1 amide bonds. The van der Waals surface area contributed by atoms with Crippen molar-refractivity contribution < 1.29 is 26.4 Å². The summed E-state index contributed by atoms with van der Waals surface area (Å²) >= 11 is 0. The van der Waals surface area contributed by atoms with Gasteiger partial charge in [-0.05, 0) is 25.0 Å². The van der Waals surface area contributed by atoms with Gasteiger partial charge in [-0.3, -0.25) is 4.79 Å². The number of hydrogen-bond acceptors (Lipinski definition) is 4. The van der Waals surface area contributed by atoms with Crippen molar-refractivity contribution >= 4 is 21.4 Å². The number of hydrogen-bond donors (Lipinski definition) is 1. The molecule has 1 aromatic rings. The molecule has 2 rings (SSSR count). The van der Waals surface area contributed by atoms with Gasteiger partial charge >= 0.3 is 5.51 Å². The lowest BCUT2D eigenvalue weighted by molar-refractivity contribution is -0.119. The third-order valence-electron chi connectivity index (χ3n) is 3.19. The molecule has 0 atom stereocenters. The Balaban J connectivity index is 2.26. The van der Waals surface area contributed by atoms with Crippen molar-refractivity contribution in [2.75, 3.05) is 18.5 Å². The molecule has 0 unspecified atom stereocenters. The smallest absolute Gasteiger partial charge is 0.364 e. The molecule has 9 heteroatoms. The number of halogens is 3. The molecule has 0 aliphatic heterocycles. The summed E-state index contributed by atoms with van der Waals surface area (Å²) in [4.78, 5) is 12.0. The van der Waals surface area contributed by atoms with Gasteiger partial charge < -0.3 is 10.2 Å². The highest BCUT2D eigenvalue weighted by Gasteiger charge is 2.48. The van der Waals surface area contributed by atoms with Gasteiger partial charge in [-0.15, -0.1) is 0 Å². The van der Waals surface area contributed by atoms with Crippen LogP contribution in [0.1, 0.15) is 12.8 Å². The first kappa shape index (κ1) is 16.6. The number of alkyl halides is 3. The standard InChI is InChI=1S/C13H15F3N2O3S/c1-18(8-12(19)17-9-6-7-9)10-4-2-3-5-11(10)22(20,21)13(14,15)16/h2-5,9H,6-8H2,1H3,(H,17,19). The van der Waals surface area contributed by atoms with Gasteiger partial charge in [-0.2, -0.15) is 13.2 Å². The van der Waals surface area contributed by atoms with Crippen LogP contribution in [0.2, 0.25) is 0 Å². The molecule has 22 heavy (non-hydrogen) atoms. The van der Waals surface area contributed by atoms with Crippen LogP contribution in [0.3, 0.4) is 0 Å². The first-order chi connectivity index (χ1) is 10.1. The summed E-state index contributed by atoms with van der Waals surface area (Å²) < 4.78 is 61.4. The van der Waals surface area contributed by atoms with Crippen LogP contribution in [0.15, 0.2) is 29.2 Å². The third-order valence-corrected chi connectivity index (χ3v) is 4.73. The van der Waals surface area contributed by atoms with E-state index in [4.69, 9.17) is 0 Å². The number of para-hydroxylation sites is 1. The van der Waals surface area contributed by atoms with Crippen molar-refractivity contribution in [1.29, 1.82) is 0 Å². The maximum absolute atomic E-state index is 12.7. The van der Waals surface area contributed by atoms with Crippen LogP contribution in [0.5, 0.6) is 0 Å². The minimum Gasteiger partial charge on any atom is -0.364 e. The first-order valence-corrected chi connectivity index (χ1v) is 8.02. The van der Waals surface area contributed by atoms with Crippen LogP contribution >= 0.6 is 0 Å². The molecule has 0 aromatic heterocycles. The number of rotatable bonds is 5. The number of amides is 1. The number of carbonyl (C=O) groups is 1. The number of carbonyl (C=O) groups excluding carboxylic acids is 1. The van der Waals surface area contributed by atoms with Gasteiger partial charge in [0.2, 0.25) is 5.91 Å². The zero-order chi connectivity index (χ0) is 16.5. The zero-order valence-electron chi connectivity index (χ0n) is 11.7. The summed E-state index contributed by atoms with van der Waals surface area (Å²) in [6.45, 7) is -0.221. The Labute approximate surface area is 126 Å². The van der Waals surface area contributed by atoms with Crippen LogP contribution < -0.4 is 10.2 Å². The van der Waals surface area contributed by atoms with Crippen molar-refractivity contribution in [3.63, 3.8) is 0 Å². The van der Waals surface area contributed by atoms with Crippen molar-refractivity contribution in [3.8, 4) is 0 Å². The molecule has 5 nitrogen and oxygen atoms in total. The molecule has 1 aliphatic carbocycles. The Bertz CT molecular complexity index is 669. The predicted octanol–water partition coefficient (Wildman–Crippen LogP) is 1.69. The van der Waals surface area contributed by atoms with Gasteiger partial charge in [-0.25, -0.2) is 8.42 Å². The number of nitrogens with zero attached hydrogens (tertiary/aromatic N) is 1. The van der Waals surface area contributed by atoms with Crippen LogP contribution in [-0.2, 0) is 14.6 Å². The Kier molecular flexibility index (Phi) is 4.37. The van der Waals surface area contributed by atoms with Crippen molar-refractivity contribution in [2.45, 2.75) is 29.3 Å². The average molecular weight is 336 g/mol. The predicted molar refractivity (Wildman–Crippen MR) is 74.1 cm³/mol. The quantitative estimate of drug-likeness (QED) is 0.889. The fourth-order valence-corrected chi connectivity index (χ4v) is 2.93. The van der Waals surface area contributed by atoms with Gasteiger partial charge in [-0.1, -0.05) is 12.1 Å². The van der Waals surface area contributed by atoms with Crippen molar-refractivity contribution in [3.05, 3.63) is 24.3 Å². The van der Waals surface area contributed by atoms with Crippen molar-refractivity contribution in [1.82, 2.24) is 5.32 Å². The summed E-state index contributed by atoms with van der Waals surface area (Å²) in [5, 5.41) is 2.69. The molecule has 0 spiro atoms. The zero-order valence-corrected chi connectivity index (χ0v) is 12.5. The van der Waals surface area contributed by atoms with E-state index in [1.807, 2.05) is 0 Å². The van der Waals surface area contributed by atoms with Crippen molar-refractivity contribution in [2.24, 2.45) is 0 Å². The average Bonchev–Trinajstić information content (AvgIpc) is 3.21. The lowest BCUT2D eigenvalue weighted by atomic mass is 10.3. The minimum absolute atomic E-state index is 0.120. The fraction of sp³-hybridized carbons (Fsp3) is 0.462. The second-order valence-electron chi connectivity index (χ2n) is 5.11. The summed E-state index contributed by atoms with van der Waals surface area (Å²) in [6, 6.07) is 4.87. The van der Waals surface area contributed by atoms with Gasteiger partial charge in [0.25, 0.3) is 9.84 Å². The Hall–Kier alpha value is -1.77. The molecule has 1 fully saturated rings. The van der Waals surface area contributed by atoms with E-state index in [0.717, 1.165) is 18.9 Å². The summed E-state index contributed by atoms with van der Waals surface area (Å²) in [5.41, 5.74) is -5.55. The third kappa shape index (κ3) is 3.52. The van der Waals surface area contributed by atoms with E-state index >= 15 is 0 Å². The lowest BCUT2D eigenvalue weighted by Gasteiger charge is -2.22. The Morgan fingerprint density at radius 2 is 1.91 bits per heavy atom. The highest BCUT2D eigenvalue weighted by molar-refractivity contribution is 7.92. The van der Waals surface area contributed by atoms with E-state index in [2.05, 4.69) is 5.32 Å². The number of likely N-dealkylation sites (N-methyl/N-ethyl adjacent to an activating group) is 1. The molecule has 1 aromatic carbocycles. The Morgan fingerprint density at radius 1 is 1.32 bits per heavy atom. The molecular weight excluding hydrogens is 321 g/mol. The molecule has 122 valence electrons. The van der Waals surface area contributed by atoms with E-state index in [0.29, 0.717) is 0 Å². The van der Waals surface area contributed by atoms with E-state index in [1.165, 1.54) is 30.1 Å². The molecule has 1 aliphatic rings. The van der Waals surface area contributed by atoms with Crippen LogP contribution in [-0.4, -0.2) is 39.5 Å². The maximum Gasteiger partial charge on any atom is 0.501 e. The second kappa shape index (κ2) is 5.79. The highest BCUT2D eigenvalue weighted by Crippen LogP contribution is 2.35. The lowest BCUT2D eigenvalue weighted by Crippen LogP contribution is -2.37. The normalized spacial score (nSPS) is 15.5. The monoisotopic (exact) mass is 336 g/mol. The van der Waals surface area contributed by atoms with Crippen LogP contribution in [0.4, 0.5) is 18.9 Å². The van der Waals surface area contributed by atoms with E-state index in [1.54, 1.807) is 0 Å². The topological polar surface area (TPSA) is 66.5 Å². The number of anilines is 1. The molecule has 0 heterocycles.